The second-order valence-electron chi connectivity index (χ2n) is 11.1. The van der Waals surface area contributed by atoms with Gasteiger partial charge in [0.15, 0.2) is 6.29 Å². The first-order valence-electron chi connectivity index (χ1n) is 13.0. The Labute approximate surface area is 202 Å². The number of unbranched alkanes of at least 4 members (excludes halogenated alkanes) is 3. The summed E-state index contributed by atoms with van der Waals surface area (Å²) >= 11 is 0. The molecular weight excluding hydrogens is 438 g/mol. The van der Waals surface area contributed by atoms with E-state index in [1.54, 1.807) is 6.08 Å². The Bertz CT molecular complexity index is 780. The van der Waals surface area contributed by atoms with E-state index >= 15 is 0 Å². The Morgan fingerprint density at radius 2 is 1.79 bits per heavy atom. The van der Waals surface area contributed by atoms with Crippen LogP contribution in [0.15, 0.2) is 12.2 Å². The lowest BCUT2D eigenvalue weighted by Gasteiger charge is -2.33. The van der Waals surface area contributed by atoms with Crippen LogP contribution in [-0.2, 0) is 23.8 Å². The van der Waals surface area contributed by atoms with E-state index in [9.17, 15) is 19.8 Å². The molecule has 4 rings (SSSR count). The van der Waals surface area contributed by atoms with Crippen LogP contribution >= 0.6 is 0 Å². The van der Waals surface area contributed by atoms with Crippen molar-refractivity contribution in [2.24, 2.45) is 11.8 Å². The summed E-state index contributed by atoms with van der Waals surface area (Å²) in [6, 6.07) is -0.598. The average molecular weight is 480 g/mol. The number of carbonyl (C=O) groups excluding carboxylic acids is 2. The summed E-state index contributed by atoms with van der Waals surface area (Å²) in [7, 11) is 0. The van der Waals surface area contributed by atoms with E-state index in [0.29, 0.717) is 18.3 Å². The van der Waals surface area contributed by atoms with Gasteiger partial charge >= 0.3 is 0 Å². The second-order valence-corrected chi connectivity index (χ2v) is 11.1. The first-order chi connectivity index (χ1) is 16.1. The number of amides is 1. The summed E-state index contributed by atoms with van der Waals surface area (Å²) in [4.78, 5) is 24.2. The molecule has 192 valence electrons. The molecule has 10 atom stereocenters. The third-order valence-corrected chi connectivity index (χ3v) is 7.92. The molecule has 0 aromatic carbocycles. The van der Waals surface area contributed by atoms with Gasteiger partial charge in [-0.05, 0) is 31.3 Å². The molecule has 34 heavy (non-hydrogen) atoms. The highest BCUT2D eigenvalue weighted by atomic mass is 16.7. The van der Waals surface area contributed by atoms with Crippen LogP contribution in [0.5, 0.6) is 0 Å². The molecule has 0 radical (unpaired) electrons. The summed E-state index contributed by atoms with van der Waals surface area (Å²) in [5.41, 5.74) is -2.27. The van der Waals surface area contributed by atoms with E-state index in [-0.39, 0.29) is 18.1 Å². The normalized spacial score (nSPS) is 41.7. The molecule has 1 spiro atoms. The van der Waals surface area contributed by atoms with Crippen molar-refractivity contribution in [2.45, 2.75) is 127 Å². The minimum Gasteiger partial charge on any atom is -0.384 e. The topological polar surface area (TPSA) is 121 Å². The number of carbonyl (C=O) groups is 2. The molecule has 1 amide bonds. The number of ether oxygens (including phenoxy) is 3. The number of fused-ring (bicyclic) bond motifs is 4. The van der Waals surface area contributed by atoms with Gasteiger partial charge in [0.05, 0.1) is 6.04 Å². The monoisotopic (exact) mass is 479 g/mol. The van der Waals surface area contributed by atoms with Crippen molar-refractivity contribution in [1.82, 2.24) is 5.32 Å². The van der Waals surface area contributed by atoms with Gasteiger partial charge in [-0.3, -0.25) is 9.59 Å². The van der Waals surface area contributed by atoms with Gasteiger partial charge in [-0.15, -0.1) is 0 Å². The van der Waals surface area contributed by atoms with Gasteiger partial charge in [-0.25, -0.2) is 0 Å². The molecule has 0 aromatic heterocycles. The van der Waals surface area contributed by atoms with Crippen LogP contribution in [0.2, 0.25) is 0 Å². The summed E-state index contributed by atoms with van der Waals surface area (Å²) < 4.78 is 17.4. The van der Waals surface area contributed by atoms with E-state index in [2.05, 4.69) is 26.1 Å². The number of Topliss-reactive ketones (excluding diaryl/α,β-unsaturated/α-hetero) is 1. The molecule has 0 bridgehead atoms. The zero-order valence-corrected chi connectivity index (χ0v) is 20.9. The van der Waals surface area contributed by atoms with Crippen molar-refractivity contribution in [2.75, 3.05) is 0 Å². The van der Waals surface area contributed by atoms with Gasteiger partial charge in [0.25, 0.3) is 0 Å². The van der Waals surface area contributed by atoms with Gasteiger partial charge in [-0.1, -0.05) is 59.0 Å². The first kappa shape index (κ1) is 25.8. The van der Waals surface area contributed by atoms with Gasteiger partial charge < -0.3 is 29.7 Å². The summed E-state index contributed by atoms with van der Waals surface area (Å²) in [6.45, 7) is 8.04. The minimum absolute atomic E-state index is 0.0333. The fourth-order valence-corrected chi connectivity index (χ4v) is 6.17. The Morgan fingerprint density at radius 1 is 1.12 bits per heavy atom. The highest BCUT2D eigenvalue weighted by molar-refractivity contribution is 5.87. The molecule has 3 N–H and O–H groups in total. The van der Waals surface area contributed by atoms with E-state index in [0.717, 1.165) is 6.42 Å². The molecule has 8 nitrogen and oxygen atoms in total. The van der Waals surface area contributed by atoms with Gasteiger partial charge in [0.1, 0.15) is 41.4 Å². The molecular formula is C26H41NO7. The Kier molecular flexibility index (Phi) is 7.56. The quantitative estimate of drug-likeness (QED) is 0.223. The van der Waals surface area contributed by atoms with Gasteiger partial charge in [-0.2, -0.15) is 0 Å². The number of ketones is 1. The largest absolute Gasteiger partial charge is 0.384 e. The lowest BCUT2D eigenvalue weighted by Crippen LogP contribution is -2.57. The minimum atomic E-state index is -1.35. The van der Waals surface area contributed by atoms with Crippen LogP contribution in [0.3, 0.4) is 0 Å². The molecule has 3 aliphatic heterocycles. The van der Waals surface area contributed by atoms with Crippen LogP contribution in [0.4, 0.5) is 0 Å². The zero-order chi connectivity index (χ0) is 24.7. The zero-order valence-electron chi connectivity index (χ0n) is 20.9. The number of aliphatic hydroxyl groups excluding tert-OH is 1. The van der Waals surface area contributed by atoms with Gasteiger partial charge in [0.2, 0.25) is 5.91 Å². The average Bonchev–Trinajstić information content (AvgIpc) is 3.66. The highest BCUT2D eigenvalue weighted by Crippen LogP contribution is 2.62. The maximum Gasteiger partial charge on any atom is 0.244 e. The number of nitrogens with one attached hydrogen (secondary N) is 1. The molecule has 8 heteroatoms. The van der Waals surface area contributed by atoms with Crippen LogP contribution in [-0.4, -0.2) is 69.9 Å². The van der Waals surface area contributed by atoms with Crippen LogP contribution in [0.25, 0.3) is 0 Å². The molecule has 4 fully saturated rings. The van der Waals surface area contributed by atoms with Crippen LogP contribution < -0.4 is 5.32 Å². The van der Waals surface area contributed by atoms with Crippen LogP contribution in [0.1, 0.15) is 79.1 Å². The molecule has 1 saturated carbocycles. The highest BCUT2D eigenvalue weighted by Gasteiger charge is 2.83. The second kappa shape index (κ2) is 9.97. The van der Waals surface area contributed by atoms with E-state index in [1.165, 1.54) is 39.0 Å². The predicted octanol–water partition coefficient (Wildman–Crippen LogP) is 2.40. The fourth-order valence-electron chi connectivity index (χ4n) is 6.17. The fraction of sp³-hybridized carbons (Fsp3) is 0.846. The summed E-state index contributed by atoms with van der Waals surface area (Å²) in [6.07, 6.45) is 7.87. The first-order valence-corrected chi connectivity index (χ1v) is 13.0. The lowest BCUT2D eigenvalue weighted by molar-refractivity contribution is -0.161. The lowest BCUT2D eigenvalue weighted by atomic mass is 9.72. The van der Waals surface area contributed by atoms with E-state index < -0.39 is 47.9 Å². The number of allylic oxidation sites excluding steroid dienone is 1. The van der Waals surface area contributed by atoms with Crippen molar-refractivity contribution in [1.29, 1.82) is 0 Å². The van der Waals surface area contributed by atoms with Crippen LogP contribution in [0, 0.1) is 11.8 Å². The summed E-state index contributed by atoms with van der Waals surface area (Å²) in [5, 5.41) is 24.4. The Hall–Kier alpha value is -1.32. The predicted molar refractivity (Wildman–Crippen MR) is 125 cm³/mol. The maximum absolute atomic E-state index is 12.6. The molecule has 0 aromatic rings. The van der Waals surface area contributed by atoms with E-state index in [4.69, 9.17) is 14.2 Å². The number of epoxide rings is 2. The molecule has 3 heterocycles. The maximum atomic E-state index is 12.6. The third kappa shape index (κ3) is 5.12. The Morgan fingerprint density at radius 3 is 2.41 bits per heavy atom. The van der Waals surface area contributed by atoms with Gasteiger partial charge in [0, 0.05) is 12.8 Å². The smallest absolute Gasteiger partial charge is 0.244 e. The number of hydrogen-bond donors (Lipinski definition) is 3. The standard InChI is InChI=1S/C26H41NO7/c1-5-6-7-8-9-15(2)12-16(3)10-11-19(29)27-18-14-26(34-24(18)30)22-20(32-22)25(31,13-17(4)28)21-23(26)33-21/h10-11,15-16,18,20-24,30-31H,5-9,12-14H2,1-4H3,(H,27,29)/b11-10+/t15-,16+,18-,20-,21+,22+,23-,24+,25?,26?/m1/s1. The van der Waals surface area contributed by atoms with Crippen molar-refractivity contribution in [3.05, 3.63) is 12.2 Å². The van der Waals surface area contributed by atoms with E-state index in [1.807, 2.05) is 6.08 Å². The number of aliphatic hydroxyl groups is 2. The molecule has 3 saturated heterocycles. The Balaban J connectivity index is 1.26. The SMILES string of the molecule is CCCCCC[C@@H](C)C[C@@H](C)/C=C/C(=O)N[C@@H]1CC2(O[C@@H]1O)[C@@H]1O[C@@H]1C(O)(CC(C)=O)[C@@H]1O[C@@H]12. The summed E-state index contributed by atoms with van der Waals surface area (Å²) in [5.74, 6) is 0.515. The van der Waals surface area contributed by atoms with Crippen molar-refractivity contribution < 1.29 is 34.0 Å². The molecule has 2 unspecified atom stereocenters. The third-order valence-electron chi connectivity index (χ3n) is 7.92. The van der Waals surface area contributed by atoms with Crippen molar-refractivity contribution in [3.8, 4) is 0 Å². The molecule has 1 aliphatic carbocycles. The molecule has 4 aliphatic rings. The van der Waals surface area contributed by atoms with Crippen molar-refractivity contribution in [3.63, 3.8) is 0 Å². The number of hydrogen-bond acceptors (Lipinski definition) is 7. The van der Waals surface area contributed by atoms with Crippen molar-refractivity contribution >= 4 is 11.7 Å². The number of rotatable bonds is 12.